The standard InChI is InChI=1S/C18H20N4O4/c1-12-7-13(3-4-14(12)9-19-18(23)24)17-16-8-15(26-6-5-25-2)10-22(16)21-11-20-17/h3-4,7-8,10-11,19H,5-6,9H2,1-2H3,(H,23,24). The number of ether oxygens (including phenoxy) is 2. The van der Waals surface area contributed by atoms with Gasteiger partial charge in [0.15, 0.2) is 0 Å². The first-order chi connectivity index (χ1) is 12.6. The molecule has 136 valence electrons. The van der Waals surface area contributed by atoms with Gasteiger partial charge in [0, 0.05) is 25.3 Å². The topological polar surface area (TPSA) is 98.0 Å². The Labute approximate surface area is 150 Å². The summed E-state index contributed by atoms with van der Waals surface area (Å²) in [6.45, 7) is 3.18. The summed E-state index contributed by atoms with van der Waals surface area (Å²) in [5, 5.41) is 15.3. The number of benzene rings is 1. The lowest BCUT2D eigenvalue weighted by molar-refractivity contribution is 0.146. The van der Waals surface area contributed by atoms with Crippen molar-refractivity contribution in [2.24, 2.45) is 0 Å². The molecule has 2 N–H and O–H groups in total. The summed E-state index contributed by atoms with van der Waals surface area (Å²) in [7, 11) is 1.63. The molecule has 3 aromatic rings. The quantitative estimate of drug-likeness (QED) is 0.631. The number of fused-ring (bicyclic) bond motifs is 1. The Bertz CT molecular complexity index is 923. The first-order valence-corrected chi connectivity index (χ1v) is 8.10. The van der Waals surface area contributed by atoms with Crippen LogP contribution in [0.5, 0.6) is 5.75 Å². The second kappa shape index (κ2) is 7.83. The molecule has 26 heavy (non-hydrogen) atoms. The van der Waals surface area contributed by atoms with Crippen molar-refractivity contribution in [1.82, 2.24) is 19.9 Å². The highest BCUT2D eigenvalue weighted by atomic mass is 16.5. The molecule has 0 aliphatic heterocycles. The average molecular weight is 356 g/mol. The van der Waals surface area contributed by atoms with Gasteiger partial charge < -0.3 is 19.9 Å². The highest BCUT2D eigenvalue weighted by Gasteiger charge is 2.11. The predicted octanol–water partition coefficient (Wildman–Crippen LogP) is 2.50. The first kappa shape index (κ1) is 17.7. The first-order valence-electron chi connectivity index (χ1n) is 8.10. The number of carboxylic acid groups (broad SMARTS) is 1. The molecule has 0 unspecified atom stereocenters. The Morgan fingerprint density at radius 3 is 2.88 bits per heavy atom. The van der Waals surface area contributed by atoms with Crippen LogP contribution in [0, 0.1) is 6.92 Å². The summed E-state index contributed by atoms with van der Waals surface area (Å²) in [5.74, 6) is 0.697. The molecule has 0 atom stereocenters. The van der Waals surface area contributed by atoms with Crippen LogP contribution in [0.3, 0.4) is 0 Å². The van der Waals surface area contributed by atoms with Crippen LogP contribution in [0.2, 0.25) is 0 Å². The third-order valence-electron chi connectivity index (χ3n) is 3.98. The third kappa shape index (κ3) is 3.92. The normalized spacial score (nSPS) is 10.8. The SMILES string of the molecule is COCCOc1cc2c(-c3ccc(CNC(=O)O)c(C)c3)ncnn2c1. The highest BCUT2D eigenvalue weighted by Crippen LogP contribution is 2.27. The number of methoxy groups -OCH3 is 1. The average Bonchev–Trinajstić information content (AvgIpc) is 3.03. The molecule has 1 amide bonds. The molecule has 0 saturated heterocycles. The monoisotopic (exact) mass is 356 g/mol. The van der Waals surface area contributed by atoms with Gasteiger partial charge in [0.2, 0.25) is 0 Å². The Hall–Kier alpha value is -3.13. The maximum Gasteiger partial charge on any atom is 0.404 e. The van der Waals surface area contributed by atoms with Crippen molar-refractivity contribution in [2.45, 2.75) is 13.5 Å². The smallest absolute Gasteiger partial charge is 0.404 e. The Morgan fingerprint density at radius 2 is 2.15 bits per heavy atom. The minimum absolute atomic E-state index is 0.267. The molecule has 8 nitrogen and oxygen atoms in total. The molecule has 1 aromatic carbocycles. The number of nitrogens with one attached hydrogen (secondary N) is 1. The van der Waals surface area contributed by atoms with Crippen molar-refractivity contribution in [1.29, 1.82) is 0 Å². The van der Waals surface area contributed by atoms with E-state index in [1.807, 2.05) is 31.2 Å². The van der Waals surface area contributed by atoms with E-state index >= 15 is 0 Å². The minimum atomic E-state index is -1.04. The number of rotatable bonds is 7. The fourth-order valence-corrected chi connectivity index (χ4v) is 2.66. The molecule has 0 aliphatic rings. The fourth-order valence-electron chi connectivity index (χ4n) is 2.66. The Balaban J connectivity index is 1.89. The van der Waals surface area contributed by atoms with Gasteiger partial charge in [-0.05, 0) is 24.1 Å². The van der Waals surface area contributed by atoms with Crippen molar-refractivity contribution in [3.05, 3.63) is 47.9 Å². The van der Waals surface area contributed by atoms with E-state index in [1.54, 1.807) is 17.8 Å². The van der Waals surface area contributed by atoms with E-state index in [4.69, 9.17) is 14.6 Å². The molecule has 0 bridgehead atoms. The maximum absolute atomic E-state index is 10.7. The third-order valence-corrected chi connectivity index (χ3v) is 3.98. The van der Waals surface area contributed by atoms with E-state index in [0.29, 0.717) is 19.0 Å². The molecule has 8 heteroatoms. The van der Waals surface area contributed by atoms with Crippen molar-refractivity contribution in [3.8, 4) is 17.0 Å². The van der Waals surface area contributed by atoms with Gasteiger partial charge in [0.25, 0.3) is 0 Å². The van der Waals surface area contributed by atoms with Crippen LogP contribution in [-0.2, 0) is 11.3 Å². The number of nitrogens with zero attached hydrogens (tertiary/aromatic N) is 3. The molecule has 2 aromatic heterocycles. The van der Waals surface area contributed by atoms with Crippen LogP contribution < -0.4 is 10.1 Å². The van der Waals surface area contributed by atoms with Crippen LogP contribution in [0.25, 0.3) is 16.8 Å². The van der Waals surface area contributed by atoms with Crippen LogP contribution in [0.15, 0.2) is 36.8 Å². The van der Waals surface area contributed by atoms with E-state index in [0.717, 1.165) is 27.9 Å². The number of hydrogen-bond acceptors (Lipinski definition) is 5. The van der Waals surface area contributed by atoms with Crippen molar-refractivity contribution in [3.63, 3.8) is 0 Å². The van der Waals surface area contributed by atoms with Crippen molar-refractivity contribution < 1.29 is 19.4 Å². The Kier molecular flexibility index (Phi) is 5.33. The van der Waals surface area contributed by atoms with Crippen LogP contribution in [-0.4, -0.2) is 46.1 Å². The summed E-state index contributed by atoms with van der Waals surface area (Å²) in [4.78, 5) is 15.1. The van der Waals surface area contributed by atoms with Gasteiger partial charge in [-0.1, -0.05) is 12.1 Å². The van der Waals surface area contributed by atoms with E-state index in [9.17, 15) is 4.79 Å². The Morgan fingerprint density at radius 1 is 1.31 bits per heavy atom. The van der Waals surface area contributed by atoms with Crippen molar-refractivity contribution >= 4 is 11.6 Å². The lowest BCUT2D eigenvalue weighted by atomic mass is 10.0. The number of hydrogen-bond donors (Lipinski definition) is 2. The summed E-state index contributed by atoms with van der Waals surface area (Å²) in [6, 6.07) is 7.70. The predicted molar refractivity (Wildman–Crippen MR) is 95.4 cm³/mol. The number of aromatic nitrogens is 3. The fraction of sp³-hybridized carbons (Fsp3) is 0.278. The molecular formula is C18H20N4O4. The lowest BCUT2D eigenvalue weighted by Crippen LogP contribution is -2.20. The molecule has 3 rings (SSSR count). The molecule has 0 fully saturated rings. The molecule has 0 saturated carbocycles. The minimum Gasteiger partial charge on any atom is -0.489 e. The van der Waals surface area contributed by atoms with Crippen LogP contribution in [0.1, 0.15) is 11.1 Å². The summed E-state index contributed by atoms with van der Waals surface area (Å²) in [5.41, 5.74) is 4.44. The van der Waals surface area contributed by atoms with E-state index in [2.05, 4.69) is 15.4 Å². The summed E-state index contributed by atoms with van der Waals surface area (Å²) >= 11 is 0. The summed E-state index contributed by atoms with van der Waals surface area (Å²) in [6.07, 6.45) is 2.25. The van der Waals surface area contributed by atoms with Crippen LogP contribution >= 0.6 is 0 Å². The largest absolute Gasteiger partial charge is 0.489 e. The van der Waals surface area contributed by atoms with Crippen molar-refractivity contribution in [2.75, 3.05) is 20.3 Å². The molecule has 0 radical (unpaired) electrons. The number of amides is 1. The molecule has 0 spiro atoms. The van der Waals surface area contributed by atoms with E-state index < -0.39 is 6.09 Å². The zero-order chi connectivity index (χ0) is 18.5. The summed E-state index contributed by atoms with van der Waals surface area (Å²) < 4.78 is 12.4. The highest BCUT2D eigenvalue weighted by molar-refractivity contribution is 5.78. The van der Waals surface area contributed by atoms with Gasteiger partial charge in [-0.3, -0.25) is 0 Å². The molecule has 2 heterocycles. The van der Waals surface area contributed by atoms with Gasteiger partial charge in [0.1, 0.15) is 18.7 Å². The van der Waals surface area contributed by atoms with Gasteiger partial charge >= 0.3 is 6.09 Å². The van der Waals surface area contributed by atoms with Gasteiger partial charge in [-0.2, -0.15) is 5.10 Å². The zero-order valence-electron chi connectivity index (χ0n) is 14.6. The van der Waals surface area contributed by atoms with E-state index in [-0.39, 0.29) is 6.54 Å². The maximum atomic E-state index is 10.7. The molecular weight excluding hydrogens is 336 g/mol. The second-order valence-electron chi connectivity index (χ2n) is 5.76. The number of aryl methyl sites for hydroxylation is 1. The lowest BCUT2D eigenvalue weighted by Gasteiger charge is -2.09. The van der Waals surface area contributed by atoms with Gasteiger partial charge in [-0.25, -0.2) is 14.3 Å². The van der Waals surface area contributed by atoms with Gasteiger partial charge in [-0.15, -0.1) is 0 Å². The zero-order valence-corrected chi connectivity index (χ0v) is 14.6. The number of carbonyl (C=O) groups is 1. The van der Waals surface area contributed by atoms with Crippen LogP contribution in [0.4, 0.5) is 4.79 Å². The van der Waals surface area contributed by atoms with Gasteiger partial charge in [0.05, 0.1) is 24.0 Å². The van der Waals surface area contributed by atoms with E-state index in [1.165, 1.54) is 6.33 Å². The molecule has 0 aliphatic carbocycles. The second-order valence-corrected chi connectivity index (χ2v) is 5.76.